The molecule has 0 spiro atoms. The van der Waals surface area contributed by atoms with Gasteiger partial charge in [0.2, 0.25) is 0 Å². The molecule has 0 unspecified atom stereocenters. The Balaban J connectivity index is 1.44. The van der Waals surface area contributed by atoms with Crippen LogP contribution in [0.4, 0.5) is 10.5 Å². The third kappa shape index (κ3) is 5.22. The van der Waals surface area contributed by atoms with Crippen molar-refractivity contribution in [3.05, 3.63) is 65.7 Å². The lowest BCUT2D eigenvalue weighted by molar-refractivity contribution is -0.0110. The number of rotatable bonds is 5. The number of nitrogens with one attached hydrogen (secondary N) is 1. The van der Waals surface area contributed by atoms with Crippen molar-refractivity contribution in [2.45, 2.75) is 25.0 Å². The molecular formula is C21H23N3O3. The first-order valence-corrected chi connectivity index (χ1v) is 9.00. The van der Waals surface area contributed by atoms with Crippen LogP contribution in [0.1, 0.15) is 24.0 Å². The van der Waals surface area contributed by atoms with Crippen LogP contribution in [0.5, 0.6) is 0 Å². The van der Waals surface area contributed by atoms with E-state index in [1.165, 1.54) is 0 Å². The largest absolute Gasteiger partial charge is 0.445 e. The summed E-state index contributed by atoms with van der Waals surface area (Å²) in [6.45, 7) is 1.56. The van der Waals surface area contributed by atoms with Crippen molar-refractivity contribution in [3.63, 3.8) is 0 Å². The summed E-state index contributed by atoms with van der Waals surface area (Å²) in [7, 11) is 0. The maximum absolute atomic E-state index is 12.2. The van der Waals surface area contributed by atoms with Gasteiger partial charge in [-0.3, -0.25) is 0 Å². The molecule has 6 heteroatoms. The van der Waals surface area contributed by atoms with Crippen LogP contribution in [-0.4, -0.2) is 41.3 Å². The Labute approximate surface area is 159 Å². The number of nitrogens with zero attached hydrogens (tertiary/aromatic N) is 2. The number of hydrogen-bond acceptors (Lipinski definition) is 5. The van der Waals surface area contributed by atoms with Crippen LogP contribution in [0.3, 0.4) is 0 Å². The molecule has 0 bridgehead atoms. The van der Waals surface area contributed by atoms with Crippen LogP contribution >= 0.6 is 0 Å². The number of amides is 1. The van der Waals surface area contributed by atoms with Gasteiger partial charge in [0, 0.05) is 25.3 Å². The zero-order valence-electron chi connectivity index (χ0n) is 15.1. The molecule has 1 fully saturated rings. The second-order valence-corrected chi connectivity index (χ2v) is 6.79. The van der Waals surface area contributed by atoms with E-state index in [4.69, 9.17) is 10.00 Å². The smallest absolute Gasteiger partial charge is 0.410 e. The fourth-order valence-electron chi connectivity index (χ4n) is 3.02. The van der Waals surface area contributed by atoms with Crippen molar-refractivity contribution >= 4 is 11.8 Å². The van der Waals surface area contributed by atoms with Gasteiger partial charge in [-0.05, 0) is 42.7 Å². The topological polar surface area (TPSA) is 85.6 Å². The normalized spacial score (nSPS) is 15.6. The Hall–Kier alpha value is -3.04. The molecule has 0 aliphatic carbocycles. The van der Waals surface area contributed by atoms with Crippen molar-refractivity contribution in [1.82, 2.24) is 4.90 Å². The molecule has 0 atom stereocenters. The Morgan fingerprint density at radius 3 is 2.44 bits per heavy atom. The maximum Gasteiger partial charge on any atom is 0.410 e. The van der Waals surface area contributed by atoms with E-state index in [0.29, 0.717) is 38.0 Å². The van der Waals surface area contributed by atoms with Crippen molar-refractivity contribution in [2.75, 3.05) is 25.0 Å². The number of nitriles is 1. The molecule has 2 aromatic rings. The molecule has 1 saturated heterocycles. The molecule has 3 rings (SSSR count). The summed E-state index contributed by atoms with van der Waals surface area (Å²) >= 11 is 0. The third-order valence-corrected chi connectivity index (χ3v) is 4.79. The van der Waals surface area contributed by atoms with Crippen molar-refractivity contribution in [2.24, 2.45) is 0 Å². The van der Waals surface area contributed by atoms with Crippen molar-refractivity contribution < 1.29 is 14.6 Å². The Bertz CT molecular complexity index is 792. The van der Waals surface area contributed by atoms with E-state index in [0.717, 1.165) is 11.3 Å². The molecule has 1 aliphatic heterocycles. The molecular weight excluding hydrogens is 342 g/mol. The van der Waals surface area contributed by atoms with E-state index in [2.05, 4.69) is 11.4 Å². The molecule has 0 aromatic heterocycles. The van der Waals surface area contributed by atoms with Gasteiger partial charge < -0.3 is 20.1 Å². The van der Waals surface area contributed by atoms with Gasteiger partial charge in [0.25, 0.3) is 0 Å². The van der Waals surface area contributed by atoms with Gasteiger partial charge in [-0.25, -0.2) is 4.79 Å². The zero-order chi connectivity index (χ0) is 19.1. The SMILES string of the molecule is N#Cc1ccc(NCC2(O)CCN(C(=O)OCc3ccccc3)CC2)cc1. The predicted octanol–water partition coefficient (Wildman–Crippen LogP) is 3.13. The van der Waals surface area contributed by atoms with Gasteiger partial charge in [-0.1, -0.05) is 30.3 Å². The second-order valence-electron chi connectivity index (χ2n) is 6.79. The van der Waals surface area contributed by atoms with Crippen LogP contribution in [-0.2, 0) is 11.3 Å². The Morgan fingerprint density at radius 1 is 1.15 bits per heavy atom. The first-order valence-electron chi connectivity index (χ1n) is 9.00. The highest BCUT2D eigenvalue weighted by Crippen LogP contribution is 2.24. The molecule has 2 aromatic carbocycles. The lowest BCUT2D eigenvalue weighted by Gasteiger charge is -2.37. The van der Waals surface area contributed by atoms with Gasteiger partial charge >= 0.3 is 6.09 Å². The fourth-order valence-corrected chi connectivity index (χ4v) is 3.02. The van der Waals surface area contributed by atoms with E-state index >= 15 is 0 Å². The van der Waals surface area contributed by atoms with Gasteiger partial charge in [0.15, 0.2) is 0 Å². The molecule has 0 saturated carbocycles. The van der Waals surface area contributed by atoms with Crippen LogP contribution in [0.15, 0.2) is 54.6 Å². The number of likely N-dealkylation sites (tertiary alicyclic amines) is 1. The first kappa shape index (κ1) is 18.7. The minimum Gasteiger partial charge on any atom is -0.445 e. The summed E-state index contributed by atoms with van der Waals surface area (Å²) in [5, 5.41) is 22.8. The Kier molecular flexibility index (Phi) is 5.94. The fraction of sp³-hybridized carbons (Fsp3) is 0.333. The van der Waals surface area contributed by atoms with Gasteiger partial charge in [0.1, 0.15) is 6.61 Å². The molecule has 2 N–H and O–H groups in total. The molecule has 1 aliphatic rings. The highest BCUT2D eigenvalue weighted by atomic mass is 16.6. The van der Waals surface area contributed by atoms with Gasteiger partial charge in [-0.15, -0.1) is 0 Å². The molecule has 27 heavy (non-hydrogen) atoms. The predicted molar refractivity (Wildman–Crippen MR) is 102 cm³/mol. The van der Waals surface area contributed by atoms with Gasteiger partial charge in [-0.2, -0.15) is 5.26 Å². The minimum atomic E-state index is -0.871. The number of aliphatic hydroxyl groups is 1. The van der Waals surface area contributed by atoms with E-state index in [-0.39, 0.29) is 12.7 Å². The first-order chi connectivity index (χ1) is 13.1. The van der Waals surface area contributed by atoms with Crippen molar-refractivity contribution in [1.29, 1.82) is 5.26 Å². The third-order valence-electron chi connectivity index (χ3n) is 4.79. The number of anilines is 1. The molecule has 1 heterocycles. The summed E-state index contributed by atoms with van der Waals surface area (Å²) in [5.41, 5.74) is 1.53. The lowest BCUT2D eigenvalue weighted by atomic mass is 9.91. The Morgan fingerprint density at radius 2 is 1.81 bits per heavy atom. The van der Waals surface area contributed by atoms with E-state index in [1.54, 1.807) is 17.0 Å². The number of hydrogen-bond donors (Lipinski definition) is 2. The van der Waals surface area contributed by atoms with E-state index in [1.807, 2.05) is 42.5 Å². The maximum atomic E-state index is 12.2. The second kappa shape index (κ2) is 8.56. The van der Waals surface area contributed by atoms with Crippen LogP contribution in [0.25, 0.3) is 0 Å². The highest BCUT2D eigenvalue weighted by molar-refractivity contribution is 5.67. The summed E-state index contributed by atoms with van der Waals surface area (Å²) in [6.07, 6.45) is 0.619. The van der Waals surface area contributed by atoms with E-state index < -0.39 is 5.60 Å². The number of piperidine rings is 1. The van der Waals surface area contributed by atoms with Crippen molar-refractivity contribution in [3.8, 4) is 6.07 Å². The molecule has 0 radical (unpaired) electrons. The summed E-state index contributed by atoms with van der Waals surface area (Å²) in [6, 6.07) is 18.7. The van der Waals surface area contributed by atoms with E-state index in [9.17, 15) is 9.90 Å². The number of ether oxygens (including phenoxy) is 1. The molecule has 1 amide bonds. The highest BCUT2D eigenvalue weighted by Gasteiger charge is 2.34. The van der Waals surface area contributed by atoms with Crippen LogP contribution in [0, 0.1) is 11.3 Å². The lowest BCUT2D eigenvalue weighted by Crippen LogP contribution is -2.50. The standard InChI is InChI=1S/C21H23N3O3/c22-14-17-6-8-19(9-7-17)23-16-21(26)10-12-24(13-11-21)20(25)27-15-18-4-2-1-3-5-18/h1-9,23,26H,10-13,15-16H2. The quantitative estimate of drug-likeness (QED) is 0.850. The number of benzene rings is 2. The molecule has 140 valence electrons. The number of carbonyl (C=O) groups is 1. The molecule has 6 nitrogen and oxygen atoms in total. The van der Waals surface area contributed by atoms with Crippen LogP contribution in [0.2, 0.25) is 0 Å². The average molecular weight is 365 g/mol. The monoisotopic (exact) mass is 365 g/mol. The average Bonchev–Trinajstić information content (AvgIpc) is 2.72. The summed E-state index contributed by atoms with van der Waals surface area (Å²) in [4.78, 5) is 13.8. The van der Waals surface area contributed by atoms with Gasteiger partial charge in [0.05, 0.1) is 17.2 Å². The summed E-state index contributed by atoms with van der Waals surface area (Å²) in [5.74, 6) is 0. The van der Waals surface area contributed by atoms with Crippen LogP contribution < -0.4 is 5.32 Å². The number of carbonyl (C=O) groups excluding carboxylic acids is 1. The zero-order valence-corrected chi connectivity index (χ0v) is 15.1. The minimum absolute atomic E-state index is 0.251. The summed E-state index contributed by atoms with van der Waals surface area (Å²) < 4.78 is 5.35.